The molecule has 0 amide bonds. The molecule has 174 valence electrons. The van der Waals surface area contributed by atoms with E-state index in [1.807, 2.05) is 12.1 Å². The highest BCUT2D eigenvalue weighted by atomic mass is 79.9. The lowest BCUT2D eigenvalue weighted by Gasteiger charge is -2.12. The molecule has 32 heavy (non-hydrogen) atoms. The van der Waals surface area contributed by atoms with Crippen molar-refractivity contribution in [3.63, 3.8) is 0 Å². The normalized spacial score (nSPS) is 10.6. The zero-order valence-corrected chi connectivity index (χ0v) is 20.6. The summed E-state index contributed by atoms with van der Waals surface area (Å²) < 4.78 is 17.0. The topological polar surface area (TPSA) is 61.8 Å². The van der Waals surface area contributed by atoms with Gasteiger partial charge in [-0.05, 0) is 36.8 Å². The first kappa shape index (κ1) is 25.9. The fourth-order valence-corrected chi connectivity index (χ4v) is 3.81. The molecule has 2 aromatic rings. The van der Waals surface area contributed by atoms with E-state index in [-0.39, 0.29) is 17.7 Å². The third kappa shape index (κ3) is 8.65. The molecule has 0 aromatic heterocycles. The monoisotopic (exact) mass is 504 g/mol. The summed E-state index contributed by atoms with van der Waals surface area (Å²) in [6.07, 6.45) is 9.38. The lowest BCUT2D eigenvalue weighted by Crippen LogP contribution is -2.14. The van der Waals surface area contributed by atoms with Gasteiger partial charge in [0.25, 0.3) is 0 Å². The summed E-state index contributed by atoms with van der Waals surface area (Å²) in [4.78, 5) is 25.2. The molecule has 0 bridgehead atoms. The Morgan fingerprint density at radius 2 is 1.41 bits per heavy atom. The maximum atomic E-state index is 12.7. The molecule has 0 saturated carbocycles. The molecule has 2 rings (SSSR count). The largest absolute Gasteiger partial charge is 0.496 e. The number of ether oxygens (including phenoxy) is 3. The minimum atomic E-state index is -0.577. The summed E-state index contributed by atoms with van der Waals surface area (Å²) in [7, 11) is 1.56. The van der Waals surface area contributed by atoms with Crippen molar-refractivity contribution in [3.05, 3.63) is 63.6 Å². The van der Waals surface area contributed by atoms with Crippen LogP contribution in [0.4, 0.5) is 0 Å². The third-order valence-electron chi connectivity index (χ3n) is 5.20. The van der Waals surface area contributed by atoms with Crippen molar-refractivity contribution in [1.29, 1.82) is 0 Å². The molecule has 0 aliphatic rings. The molecule has 0 aliphatic heterocycles. The number of hydrogen-bond donors (Lipinski definition) is 0. The first-order chi connectivity index (χ1) is 15.6. The Labute approximate surface area is 199 Å². The van der Waals surface area contributed by atoms with E-state index in [9.17, 15) is 9.59 Å². The highest BCUT2D eigenvalue weighted by molar-refractivity contribution is 9.10. The van der Waals surface area contributed by atoms with Crippen LogP contribution in [0.2, 0.25) is 0 Å². The van der Waals surface area contributed by atoms with E-state index >= 15 is 0 Å². The van der Waals surface area contributed by atoms with E-state index in [0.29, 0.717) is 12.4 Å². The second kappa shape index (κ2) is 14.7. The second-order valence-corrected chi connectivity index (χ2v) is 8.60. The van der Waals surface area contributed by atoms with Gasteiger partial charge in [0.2, 0.25) is 0 Å². The molecule has 2 aromatic carbocycles. The van der Waals surface area contributed by atoms with Crippen molar-refractivity contribution in [3.8, 4) is 5.75 Å². The quantitative estimate of drug-likeness (QED) is 0.202. The van der Waals surface area contributed by atoms with Gasteiger partial charge in [-0.25, -0.2) is 9.59 Å². The molecular weight excluding hydrogens is 472 g/mol. The Hall–Kier alpha value is -2.34. The van der Waals surface area contributed by atoms with Gasteiger partial charge in [-0.1, -0.05) is 79.9 Å². The Balaban J connectivity index is 1.84. The van der Waals surface area contributed by atoms with E-state index in [1.54, 1.807) is 37.4 Å². The van der Waals surface area contributed by atoms with Gasteiger partial charge in [-0.15, -0.1) is 0 Å². The average Bonchev–Trinajstić information content (AvgIpc) is 2.81. The second-order valence-electron chi connectivity index (χ2n) is 7.69. The van der Waals surface area contributed by atoms with Crippen LogP contribution >= 0.6 is 15.9 Å². The van der Waals surface area contributed by atoms with Crippen LogP contribution in [0.25, 0.3) is 0 Å². The van der Waals surface area contributed by atoms with Crippen molar-refractivity contribution >= 4 is 27.9 Å². The first-order valence-electron chi connectivity index (χ1n) is 11.3. The van der Waals surface area contributed by atoms with Crippen molar-refractivity contribution in [1.82, 2.24) is 0 Å². The van der Waals surface area contributed by atoms with Gasteiger partial charge >= 0.3 is 11.9 Å². The predicted molar refractivity (Wildman–Crippen MR) is 129 cm³/mol. The van der Waals surface area contributed by atoms with Crippen molar-refractivity contribution in [2.24, 2.45) is 0 Å². The van der Waals surface area contributed by atoms with Crippen molar-refractivity contribution in [2.75, 3.05) is 13.7 Å². The van der Waals surface area contributed by atoms with Gasteiger partial charge in [0.05, 0.1) is 24.8 Å². The molecule has 0 fully saturated rings. The fourth-order valence-electron chi connectivity index (χ4n) is 3.40. The number of benzene rings is 2. The lowest BCUT2D eigenvalue weighted by molar-refractivity contribution is 0.0434. The number of rotatable bonds is 14. The van der Waals surface area contributed by atoms with Crippen molar-refractivity contribution < 1.29 is 23.8 Å². The number of carbonyl (C=O) groups excluding carboxylic acids is 2. The number of esters is 2. The maximum Gasteiger partial charge on any atom is 0.339 e. The number of methoxy groups -OCH3 is 1. The molecule has 5 nitrogen and oxygen atoms in total. The number of halogens is 1. The maximum absolute atomic E-state index is 12.7. The molecule has 0 spiro atoms. The highest BCUT2D eigenvalue weighted by Crippen LogP contribution is 2.24. The first-order valence-corrected chi connectivity index (χ1v) is 12.1. The smallest absolute Gasteiger partial charge is 0.339 e. The van der Waals surface area contributed by atoms with E-state index in [4.69, 9.17) is 14.2 Å². The van der Waals surface area contributed by atoms with Gasteiger partial charge in [-0.3, -0.25) is 0 Å². The Kier molecular flexibility index (Phi) is 11.9. The summed E-state index contributed by atoms with van der Waals surface area (Å²) in [5.74, 6) is -0.453. The van der Waals surface area contributed by atoms with E-state index in [2.05, 4.69) is 22.9 Å². The molecular formula is C26H33BrO5. The van der Waals surface area contributed by atoms with Crippen LogP contribution in [0.5, 0.6) is 5.75 Å². The Bertz CT molecular complexity index is 865. The highest BCUT2D eigenvalue weighted by Gasteiger charge is 2.19. The Morgan fingerprint density at radius 1 is 0.812 bits per heavy atom. The summed E-state index contributed by atoms with van der Waals surface area (Å²) >= 11 is 3.40. The van der Waals surface area contributed by atoms with Gasteiger partial charge in [0, 0.05) is 10.0 Å². The molecule has 0 radical (unpaired) electrons. The van der Waals surface area contributed by atoms with Gasteiger partial charge in [0.1, 0.15) is 12.4 Å². The minimum absolute atomic E-state index is 0.0308. The van der Waals surface area contributed by atoms with Crippen LogP contribution in [0, 0.1) is 0 Å². The van der Waals surface area contributed by atoms with Gasteiger partial charge < -0.3 is 14.2 Å². The molecule has 0 unspecified atom stereocenters. The van der Waals surface area contributed by atoms with Crippen LogP contribution in [0.1, 0.15) is 84.6 Å². The fraction of sp³-hybridized carbons (Fsp3) is 0.462. The number of hydrogen-bond acceptors (Lipinski definition) is 5. The van der Waals surface area contributed by atoms with E-state index in [0.717, 1.165) is 29.3 Å². The SMILES string of the molecule is CCCCCCCCCCOC(=O)c1ccccc1C(=O)OCc1cc(Br)ccc1OC. The Morgan fingerprint density at radius 3 is 2.03 bits per heavy atom. The zero-order chi connectivity index (χ0) is 23.2. The molecule has 0 atom stereocenters. The van der Waals surface area contributed by atoms with Gasteiger partial charge in [0.15, 0.2) is 0 Å². The molecule has 0 saturated heterocycles. The van der Waals surface area contributed by atoms with Crippen LogP contribution in [-0.2, 0) is 16.1 Å². The molecule has 6 heteroatoms. The summed E-state index contributed by atoms with van der Waals surface area (Å²) in [6.45, 7) is 2.60. The van der Waals surface area contributed by atoms with Crippen LogP contribution in [-0.4, -0.2) is 25.7 Å². The van der Waals surface area contributed by atoms with Crippen LogP contribution in [0.3, 0.4) is 0 Å². The number of carbonyl (C=O) groups is 2. The molecule has 0 aliphatic carbocycles. The van der Waals surface area contributed by atoms with Crippen molar-refractivity contribution in [2.45, 2.75) is 64.9 Å². The number of unbranched alkanes of at least 4 members (excludes halogenated alkanes) is 7. The standard InChI is InChI=1S/C26H33BrO5/c1-3-4-5-6-7-8-9-12-17-31-25(28)22-13-10-11-14-23(22)26(29)32-19-20-18-21(27)15-16-24(20)30-2/h10-11,13-16,18H,3-9,12,17,19H2,1-2H3. The third-order valence-corrected chi connectivity index (χ3v) is 5.69. The van der Waals surface area contributed by atoms with Crippen LogP contribution in [0.15, 0.2) is 46.9 Å². The molecule has 0 heterocycles. The van der Waals surface area contributed by atoms with E-state index in [1.165, 1.54) is 32.1 Å². The minimum Gasteiger partial charge on any atom is -0.496 e. The zero-order valence-electron chi connectivity index (χ0n) is 19.0. The summed E-state index contributed by atoms with van der Waals surface area (Å²) in [5.41, 5.74) is 1.14. The molecule has 0 N–H and O–H groups in total. The summed E-state index contributed by atoms with van der Waals surface area (Å²) in [5, 5.41) is 0. The van der Waals surface area contributed by atoms with E-state index < -0.39 is 11.9 Å². The lowest BCUT2D eigenvalue weighted by atomic mass is 10.1. The average molecular weight is 505 g/mol. The van der Waals surface area contributed by atoms with Gasteiger partial charge in [-0.2, -0.15) is 0 Å². The predicted octanol–water partition coefficient (Wildman–Crippen LogP) is 7.11. The summed E-state index contributed by atoms with van der Waals surface area (Å²) in [6, 6.07) is 12.0. The van der Waals surface area contributed by atoms with Crippen LogP contribution < -0.4 is 4.74 Å².